The number of ether oxygens (including phenoxy) is 1. The van der Waals surface area contributed by atoms with Crippen molar-refractivity contribution in [3.05, 3.63) is 60.3 Å². The quantitative estimate of drug-likeness (QED) is 0.400. The van der Waals surface area contributed by atoms with Crippen molar-refractivity contribution < 1.29 is 27.9 Å². The molecule has 0 radical (unpaired) electrons. The van der Waals surface area contributed by atoms with Crippen LogP contribution in [0.3, 0.4) is 0 Å². The number of carbonyl (C=O) groups excluding carboxylic acids is 1. The molecule has 5 rings (SSSR count). The van der Waals surface area contributed by atoms with Gasteiger partial charge in [-0.1, -0.05) is 43.9 Å². The normalized spacial score (nSPS) is 18.2. The lowest BCUT2D eigenvalue weighted by molar-refractivity contribution is 0.0448. The molecular weight excluding hydrogens is 532 g/mol. The van der Waals surface area contributed by atoms with Crippen molar-refractivity contribution in [2.24, 2.45) is 5.92 Å². The predicted molar refractivity (Wildman–Crippen MR) is 151 cm³/mol. The number of anilines is 1. The summed E-state index contributed by atoms with van der Waals surface area (Å²) in [5.41, 5.74) is 0.883. The number of nitrogens with one attached hydrogen (secondary N) is 1. The number of carboxylic acid groups (broad SMARTS) is 1. The van der Waals surface area contributed by atoms with E-state index in [4.69, 9.17) is 4.74 Å². The van der Waals surface area contributed by atoms with Gasteiger partial charge in [-0.15, -0.1) is 0 Å². The van der Waals surface area contributed by atoms with E-state index in [9.17, 15) is 23.1 Å². The molecule has 1 saturated carbocycles. The summed E-state index contributed by atoms with van der Waals surface area (Å²) in [6.45, 7) is 0.864. The number of benzene rings is 2. The molecule has 1 aliphatic carbocycles. The van der Waals surface area contributed by atoms with E-state index in [0.717, 1.165) is 12.8 Å². The first-order valence-corrected chi connectivity index (χ1v) is 15.1. The number of para-hydroxylation sites is 1. The van der Waals surface area contributed by atoms with Crippen molar-refractivity contribution in [2.75, 3.05) is 31.5 Å². The first-order valence-electron chi connectivity index (χ1n) is 13.6. The molecule has 40 heavy (non-hydrogen) atoms. The van der Waals surface area contributed by atoms with E-state index in [1.54, 1.807) is 35.2 Å². The van der Waals surface area contributed by atoms with E-state index in [-0.39, 0.29) is 41.4 Å². The minimum Gasteiger partial charge on any atom is -0.495 e. The number of nitrogens with zero attached hydrogens (tertiary/aromatic N) is 3. The summed E-state index contributed by atoms with van der Waals surface area (Å²) in [6, 6.07) is 12.8. The first-order chi connectivity index (χ1) is 19.3. The van der Waals surface area contributed by atoms with Crippen LogP contribution in [0, 0.1) is 5.92 Å². The zero-order valence-electron chi connectivity index (χ0n) is 22.5. The zero-order chi connectivity index (χ0) is 28.3. The highest BCUT2D eigenvalue weighted by Gasteiger charge is 2.33. The fourth-order valence-electron chi connectivity index (χ4n) is 5.85. The molecule has 2 aromatic carbocycles. The highest BCUT2D eigenvalue weighted by atomic mass is 32.2. The molecule has 0 spiro atoms. The maximum atomic E-state index is 13.5. The van der Waals surface area contributed by atoms with Crippen LogP contribution in [0.2, 0.25) is 0 Å². The second-order valence-corrected chi connectivity index (χ2v) is 12.1. The molecule has 1 atom stereocenters. The van der Waals surface area contributed by atoms with Gasteiger partial charge in [0.05, 0.1) is 24.4 Å². The minimum atomic E-state index is -4.01. The molecule has 1 aromatic heterocycles. The highest BCUT2D eigenvalue weighted by Crippen LogP contribution is 2.32. The monoisotopic (exact) mass is 566 g/mol. The van der Waals surface area contributed by atoms with Crippen LogP contribution in [-0.2, 0) is 10.0 Å². The van der Waals surface area contributed by atoms with Crippen LogP contribution in [0.15, 0.2) is 59.6 Å². The molecule has 1 unspecified atom stereocenters. The number of hydrogen-bond acceptors (Lipinski definition) is 6. The van der Waals surface area contributed by atoms with Gasteiger partial charge in [-0.05, 0) is 49.1 Å². The van der Waals surface area contributed by atoms with Crippen molar-refractivity contribution in [1.29, 1.82) is 0 Å². The number of carbonyl (C=O) groups is 2. The molecule has 2 amide bonds. The van der Waals surface area contributed by atoms with Gasteiger partial charge in [-0.2, -0.15) is 0 Å². The number of amides is 2. The molecule has 2 heterocycles. The Bertz CT molecular complexity index is 1500. The zero-order valence-corrected chi connectivity index (χ0v) is 23.3. The Labute approximate surface area is 234 Å². The van der Waals surface area contributed by atoms with Crippen LogP contribution >= 0.6 is 0 Å². The van der Waals surface area contributed by atoms with Gasteiger partial charge in [0.1, 0.15) is 10.6 Å². The molecule has 212 valence electrons. The van der Waals surface area contributed by atoms with E-state index in [1.807, 2.05) is 0 Å². The van der Waals surface area contributed by atoms with Gasteiger partial charge >= 0.3 is 6.09 Å². The van der Waals surface area contributed by atoms with Gasteiger partial charge in [-0.3, -0.25) is 14.5 Å². The third kappa shape index (κ3) is 5.84. The second-order valence-electron chi connectivity index (χ2n) is 10.5. The minimum absolute atomic E-state index is 0.0350. The van der Waals surface area contributed by atoms with E-state index in [1.165, 1.54) is 62.1 Å². The van der Waals surface area contributed by atoms with E-state index < -0.39 is 16.1 Å². The van der Waals surface area contributed by atoms with Gasteiger partial charge < -0.3 is 19.6 Å². The Morgan fingerprint density at radius 3 is 2.60 bits per heavy atom. The number of pyridine rings is 1. The Morgan fingerprint density at radius 1 is 1.07 bits per heavy atom. The van der Waals surface area contributed by atoms with Gasteiger partial charge in [0, 0.05) is 36.8 Å². The number of piperazine rings is 1. The molecular formula is C29H34N4O6S. The fraction of sp³-hybridized carbons (Fsp3) is 0.414. The van der Waals surface area contributed by atoms with E-state index >= 15 is 0 Å². The lowest BCUT2D eigenvalue weighted by atomic mass is 9.96. The third-order valence-electron chi connectivity index (χ3n) is 7.98. The summed E-state index contributed by atoms with van der Waals surface area (Å²) in [5.74, 6) is 0.582. The Balaban J connectivity index is 1.33. The summed E-state index contributed by atoms with van der Waals surface area (Å²) >= 11 is 0. The maximum Gasteiger partial charge on any atom is 0.407 e. The molecule has 2 fully saturated rings. The highest BCUT2D eigenvalue weighted by molar-refractivity contribution is 7.93. The summed E-state index contributed by atoms with van der Waals surface area (Å²) in [5, 5.41) is 10.4. The average Bonchev–Trinajstić information content (AvgIpc) is 3.49. The van der Waals surface area contributed by atoms with Crippen molar-refractivity contribution in [2.45, 2.75) is 49.5 Å². The van der Waals surface area contributed by atoms with Crippen LogP contribution in [-0.4, -0.2) is 73.1 Å². The molecule has 1 saturated heterocycles. The first kappa shape index (κ1) is 27.7. The van der Waals surface area contributed by atoms with Crippen LogP contribution in [0.1, 0.15) is 48.9 Å². The fourth-order valence-corrected chi connectivity index (χ4v) is 7.10. The Kier molecular flexibility index (Phi) is 8.11. The standard InChI is InChI=1S/C29H34N4O6S/c1-39-25-18-22(12-14-24(25)31-40(37,38)26-10-4-8-21-9-5-15-30-27(21)26)28(34)32-16-17-33(29(35)36)23(19-32)13-11-20-6-2-3-7-20/h4-5,8-10,12,14-15,18,20,23,31H,2-3,6-7,11,13,16-17,19H2,1H3,(H,35,36). The Hall–Kier alpha value is -3.86. The van der Waals surface area contributed by atoms with Gasteiger partial charge in [0.25, 0.3) is 15.9 Å². The number of aromatic nitrogens is 1. The van der Waals surface area contributed by atoms with Crippen LogP contribution in [0.5, 0.6) is 5.75 Å². The largest absolute Gasteiger partial charge is 0.495 e. The second kappa shape index (κ2) is 11.7. The van der Waals surface area contributed by atoms with E-state index in [2.05, 4.69) is 9.71 Å². The van der Waals surface area contributed by atoms with Gasteiger partial charge in [0.15, 0.2) is 0 Å². The molecule has 2 N–H and O–H groups in total. The topological polar surface area (TPSA) is 129 Å². The van der Waals surface area contributed by atoms with Crippen molar-refractivity contribution in [3.8, 4) is 5.75 Å². The summed E-state index contributed by atoms with van der Waals surface area (Å²) in [6.07, 6.45) is 7.12. The predicted octanol–water partition coefficient (Wildman–Crippen LogP) is 4.82. The lowest BCUT2D eigenvalue weighted by Crippen LogP contribution is -2.56. The van der Waals surface area contributed by atoms with Crippen molar-refractivity contribution >= 4 is 38.6 Å². The van der Waals surface area contributed by atoms with Gasteiger partial charge in [-0.25, -0.2) is 13.2 Å². The molecule has 1 aliphatic heterocycles. The summed E-state index contributed by atoms with van der Waals surface area (Å²) in [7, 11) is -2.60. The maximum absolute atomic E-state index is 13.5. The smallest absolute Gasteiger partial charge is 0.407 e. The summed E-state index contributed by atoms with van der Waals surface area (Å²) in [4.78, 5) is 32.7. The van der Waals surface area contributed by atoms with Gasteiger partial charge in [0.2, 0.25) is 0 Å². The summed E-state index contributed by atoms with van der Waals surface area (Å²) < 4.78 is 34.6. The van der Waals surface area contributed by atoms with Crippen molar-refractivity contribution in [1.82, 2.24) is 14.8 Å². The lowest BCUT2D eigenvalue weighted by Gasteiger charge is -2.40. The molecule has 2 aliphatic rings. The molecule has 11 heteroatoms. The van der Waals surface area contributed by atoms with Crippen LogP contribution in [0.4, 0.5) is 10.5 Å². The van der Waals surface area contributed by atoms with E-state index in [0.29, 0.717) is 28.9 Å². The Morgan fingerprint density at radius 2 is 1.85 bits per heavy atom. The molecule has 10 nitrogen and oxygen atoms in total. The number of rotatable bonds is 8. The number of sulfonamides is 1. The van der Waals surface area contributed by atoms with Crippen LogP contribution < -0.4 is 9.46 Å². The molecule has 3 aromatic rings. The number of fused-ring (bicyclic) bond motifs is 1. The molecule has 0 bridgehead atoms. The van der Waals surface area contributed by atoms with Crippen LogP contribution in [0.25, 0.3) is 10.9 Å². The van der Waals surface area contributed by atoms with Crippen molar-refractivity contribution in [3.63, 3.8) is 0 Å². The number of hydrogen-bond donors (Lipinski definition) is 2. The average molecular weight is 567 g/mol. The number of methoxy groups -OCH3 is 1. The third-order valence-corrected chi connectivity index (χ3v) is 9.37. The SMILES string of the molecule is COc1cc(C(=O)N2CCN(C(=O)O)C(CCC3CCCC3)C2)ccc1NS(=O)(=O)c1cccc2cccnc12.